The molecule has 1 N–H and O–H groups in total. The van der Waals surface area contributed by atoms with E-state index in [0.717, 1.165) is 11.8 Å². The minimum atomic E-state index is -0.713. The number of halogens is 1. The lowest BCUT2D eigenvalue weighted by molar-refractivity contribution is -0.148. The Morgan fingerprint density at radius 3 is 2.08 bits per heavy atom. The van der Waals surface area contributed by atoms with Gasteiger partial charge in [0.05, 0.1) is 5.41 Å². The standard InChI is InChI=1S/C10H19BrO2/c1-9(2,5-6-11)7-10(3,4)8(12)13/h5-7H2,1-4H3,(H,12,13). The summed E-state index contributed by atoms with van der Waals surface area (Å²) in [7, 11) is 0. The molecule has 0 radical (unpaired) electrons. The maximum atomic E-state index is 10.9. The topological polar surface area (TPSA) is 37.3 Å². The molecule has 0 aromatic heterocycles. The first-order valence-electron chi connectivity index (χ1n) is 4.51. The summed E-state index contributed by atoms with van der Waals surface area (Å²) >= 11 is 3.38. The van der Waals surface area contributed by atoms with Gasteiger partial charge in [-0.25, -0.2) is 0 Å². The van der Waals surface area contributed by atoms with E-state index < -0.39 is 11.4 Å². The van der Waals surface area contributed by atoms with Gasteiger partial charge in [-0.1, -0.05) is 29.8 Å². The molecule has 2 nitrogen and oxygen atoms in total. The molecule has 0 spiro atoms. The van der Waals surface area contributed by atoms with Crippen molar-refractivity contribution in [2.75, 3.05) is 5.33 Å². The molecule has 0 aromatic rings. The number of hydrogen-bond acceptors (Lipinski definition) is 1. The van der Waals surface area contributed by atoms with E-state index in [1.165, 1.54) is 0 Å². The third-order valence-electron chi connectivity index (χ3n) is 2.27. The van der Waals surface area contributed by atoms with E-state index in [4.69, 9.17) is 5.11 Å². The second-order valence-electron chi connectivity index (χ2n) is 4.97. The molecule has 0 aliphatic carbocycles. The van der Waals surface area contributed by atoms with Crippen molar-refractivity contribution in [2.45, 2.75) is 40.5 Å². The Bertz CT molecular complexity index is 185. The van der Waals surface area contributed by atoms with Gasteiger partial charge >= 0.3 is 5.97 Å². The minimum Gasteiger partial charge on any atom is -0.481 e. The fourth-order valence-electron chi connectivity index (χ4n) is 1.62. The van der Waals surface area contributed by atoms with Crippen LogP contribution in [-0.2, 0) is 4.79 Å². The molecule has 0 unspecified atom stereocenters. The highest BCUT2D eigenvalue weighted by Gasteiger charge is 2.33. The van der Waals surface area contributed by atoms with Gasteiger partial charge in [-0.2, -0.15) is 0 Å². The molecule has 0 bridgehead atoms. The fraction of sp³-hybridized carbons (Fsp3) is 0.900. The summed E-state index contributed by atoms with van der Waals surface area (Å²) < 4.78 is 0. The third-order valence-corrected chi connectivity index (χ3v) is 2.67. The molecule has 0 aliphatic rings. The number of hydrogen-bond donors (Lipinski definition) is 1. The summed E-state index contributed by atoms with van der Waals surface area (Å²) in [6.07, 6.45) is 1.71. The van der Waals surface area contributed by atoms with Crippen LogP contribution in [0, 0.1) is 10.8 Å². The van der Waals surface area contributed by atoms with Crippen LogP contribution in [0.1, 0.15) is 40.5 Å². The number of carbonyl (C=O) groups is 1. The molecule has 0 aromatic carbocycles. The van der Waals surface area contributed by atoms with E-state index in [1.807, 2.05) is 0 Å². The second-order valence-corrected chi connectivity index (χ2v) is 5.76. The first-order chi connectivity index (χ1) is 5.71. The van der Waals surface area contributed by atoms with Crippen molar-refractivity contribution in [3.63, 3.8) is 0 Å². The zero-order chi connectivity index (χ0) is 10.7. The number of alkyl halides is 1. The Hall–Kier alpha value is -0.0500. The average molecular weight is 251 g/mol. The summed E-state index contributed by atoms with van der Waals surface area (Å²) in [5.41, 5.74) is -0.531. The highest BCUT2D eigenvalue weighted by atomic mass is 79.9. The molecule has 78 valence electrons. The van der Waals surface area contributed by atoms with Gasteiger partial charge in [-0.05, 0) is 32.1 Å². The van der Waals surface area contributed by atoms with Crippen molar-refractivity contribution < 1.29 is 9.90 Å². The number of aliphatic carboxylic acids is 1. The lowest BCUT2D eigenvalue weighted by atomic mass is 9.74. The Labute approximate surface area is 88.8 Å². The lowest BCUT2D eigenvalue weighted by Crippen LogP contribution is -2.30. The van der Waals surface area contributed by atoms with Crippen LogP contribution in [0.2, 0.25) is 0 Å². The Morgan fingerprint density at radius 1 is 1.31 bits per heavy atom. The Kier molecular flexibility index (Phi) is 4.43. The van der Waals surface area contributed by atoms with Crippen molar-refractivity contribution in [1.82, 2.24) is 0 Å². The fourth-order valence-corrected chi connectivity index (χ4v) is 2.69. The zero-order valence-corrected chi connectivity index (χ0v) is 10.4. The number of rotatable bonds is 5. The normalized spacial score (nSPS) is 13.0. The van der Waals surface area contributed by atoms with Crippen LogP contribution in [0.15, 0.2) is 0 Å². The molecule has 3 heteroatoms. The van der Waals surface area contributed by atoms with Crippen LogP contribution in [0.4, 0.5) is 0 Å². The summed E-state index contributed by atoms with van der Waals surface area (Å²) in [6.45, 7) is 7.79. The molecular weight excluding hydrogens is 232 g/mol. The van der Waals surface area contributed by atoms with E-state index in [0.29, 0.717) is 6.42 Å². The van der Waals surface area contributed by atoms with Gasteiger partial charge in [0, 0.05) is 5.33 Å². The molecule has 0 saturated heterocycles. The maximum absolute atomic E-state index is 10.9. The van der Waals surface area contributed by atoms with Crippen molar-refractivity contribution >= 4 is 21.9 Å². The zero-order valence-electron chi connectivity index (χ0n) is 8.85. The van der Waals surface area contributed by atoms with E-state index >= 15 is 0 Å². The predicted octanol–water partition coefficient (Wildman–Crippen LogP) is 3.30. The van der Waals surface area contributed by atoms with Crippen LogP contribution in [0.5, 0.6) is 0 Å². The minimum absolute atomic E-state index is 0.0887. The monoisotopic (exact) mass is 250 g/mol. The predicted molar refractivity (Wildman–Crippen MR) is 58.2 cm³/mol. The van der Waals surface area contributed by atoms with Gasteiger partial charge in [0.2, 0.25) is 0 Å². The number of carboxylic acids is 1. The van der Waals surface area contributed by atoms with Crippen LogP contribution < -0.4 is 0 Å². The highest BCUT2D eigenvalue weighted by Crippen LogP contribution is 2.36. The van der Waals surface area contributed by atoms with E-state index in [9.17, 15) is 4.79 Å². The smallest absolute Gasteiger partial charge is 0.309 e. The van der Waals surface area contributed by atoms with E-state index in [2.05, 4.69) is 29.8 Å². The first kappa shape index (κ1) is 12.9. The molecule has 0 heterocycles. The van der Waals surface area contributed by atoms with E-state index in [1.54, 1.807) is 13.8 Å². The molecule has 0 fully saturated rings. The van der Waals surface area contributed by atoms with Crippen LogP contribution in [0.25, 0.3) is 0 Å². The van der Waals surface area contributed by atoms with Crippen molar-refractivity contribution in [2.24, 2.45) is 10.8 Å². The summed E-state index contributed by atoms with van der Waals surface area (Å²) in [4.78, 5) is 10.9. The summed E-state index contributed by atoms with van der Waals surface area (Å²) in [5.74, 6) is -0.713. The average Bonchev–Trinajstić information content (AvgIpc) is 1.83. The largest absolute Gasteiger partial charge is 0.481 e. The van der Waals surface area contributed by atoms with E-state index in [-0.39, 0.29) is 5.41 Å². The van der Waals surface area contributed by atoms with Crippen LogP contribution in [-0.4, -0.2) is 16.4 Å². The molecule has 0 aliphatic heterocycles. The second kappa shape index (κ2) is 4.45. The summed E-state index contributed by atoms with van der Waals surface area (Å²) in [5, 5.41) is 9.89. The highest BCUT2D eigenvalue weighted by molar-refractivity contribution is 9.09. The molecular formula is C10H19BrO2. The van der Waals surface area contributed by atoms with Crippen LogP contribution in [0.3, 0.4) is 0 Å². The summed E-state index contributed by atoms with van der Waals surface area (Å²) in [6, 6.07) is 0. The van der Waals surface area contributed by atoms with Gasteiger partial charge in [0.25, 0.3) is 0 Å². The number of carboxylic acid groups (broad SMARTS) is 1. The van der Waals surface area contributed by atoms with Crippen molar-refractivity contribution in [3.8, 4) is 0 Å². The first-order valence-corrected chi connectivity index (χ1v) is 5.63. The third kappa shape index (κ3) is 4.65. The Morgan fingerprint density at radius 2 is 1.77 bits per heavy atom. The molecule has 0 amide bonds. The molecule has 0 atom stereocenters. The SMILES string of the molecule is CC(C)(CCBr)CC(C)(C)C(=O)O. The maximum Gasteiger partial charge on any atom is 0.309 e. The van der Waals surface area contributed by atoms with Gasteiger partial charge in [-0.15, -0.1) is 0 Å². The van der Waals surface area contributed by atoms with Crippen molar-refractivity contribution in [1.29, 1.82) is 0 Å². The molecule has 0 saturated carbocycles. The molecule has 13 heavy (non-hydrogen) atoms. The van der Waals surface area contributed by atoms with Gasteiger partial charge in [0.1, 0.15) is 0 Å². The van der Waals surface area contributed by atoms with Crippen molar-refractivity contribution in [3.05, 3.63) is 0 Å². The van der Waals surface area contributed by atoms with Crippen LogP contribution >= 0.6 is 15.9 Å². The lowest BCUT2D eigenvalue weighted by Gasteiger charge is -2.31. The Balaban J connectivity index is 4.33. The van der Waals surface area contributed by atoms with Gasteiger partial charge < -0.3 is 5.11 Å². The molecule has 0 rings (SSSR count). The van der Waals surface area contributed by atoms with Gasteiger partial charge in [0.15, 0.2) is 0 Å². The quantitative estimate of drug-likeness (QED) is 0.761. The van der Waals surface area contributed by atoms with Gasteiger partial charge in [-0.3, -0.25) is 4.79 Å².